The SMILES string of the molecule is Cc1ccc(C)c2c1C(=O)C(=O)N2CC(CBr)C(C)(C)C. The van der Waals surface area contributed by atoms with E-state index in [1.54, 1.807) is 4.90 Å². The summed E-state index contributed by atoms with van der Waals surface area (Å²) in [6, 6.07) is 3.89. The van der Waals surface area contributed by atoms with Crippen LogP contribution in [-0.4, -0.2) is 23.6 Å². The number of Topliss-reactive ketones (excluding diaryl/α,β-unsaturated/α-hetero) is 1. The number of aryl methyl sites for hydroxylation is 2. The van der Waals surface area contributed by atoms with Gasteiger partial charge in [0, 0.05) is 11.9 Å². The Balaban J connectivity index is 2.47. The van der Waals surface area contributed by atoms with Gasteiger partial charge in [-0.15, -0.1) is 0 Å². The summed E-state index contributed by atoms with van der Waals surface area (Å²) < 4.78 is 0. The zero-order chi connectivity index (χ0) is 15.9. The van der Waals surface area contributed by atoms with Gasteiger partial charge in [0.2, 0.25) is 0 Å². The molecule has 1 aromatic rings. The van der Waals surface area contributed by atoms with Crippen LogP contribution >= 0.6 is 15.9 Å². The van der Waals surface area contributed by atoms with E-state index in [0.29, 0.717) is 12.1 Å². The molecule has 21 heavy (non-hydrogen) atoms. The Morgan fingerprint density at radius 3 is 2.24 bits per heavy atom. The van der Waals surface area contributed by atoms with Crippen LogP contribution < -0.4 is 4.90 Å². The average molecular weight is 352 g/mol. The van der Waals surface area contributed by atoms with Crippen LogP contribution in [0.1, 0.15) is 42.3 Å². The number of rotatable bonds is 3. The molecular formula is C17H22BrNO2. The fraction of sp³-hybridized carbons (Fsp3) is 0.529. The Morgan fingerprint density at radius 2 is 1.71 bits per heavy atom. The van der Waals surface area contributed by atoms with Crippen molar-refractivity contribution in [3.63, 3.8) is 0 Å². The number of ketones is 1. The molecule has 1 unspecified atom stereocenters. The van der Waals surface area contributed by atoms with Gasteiger partial charge in [0.1, 0.15) is 0 Å². The summed E-state index contributed by atoms with van der Waals surface area (Å²) in [6.45, 7) is 10.9. The number of anilines is 1. The number of hydrogen-bond acceptors (Lipinski definition) is 2. The van der Waals surface area contributed by atoms with E-state index in [0.717, 1.165) is 22.1 Å². The molecule has 1 aliphatic rings. The molecule has 0 bridgehead atoms. The fourth-order valence-corrected chi connectivity index (χ4v) is 3.89. The van der Waals surface area contributed by atoms with Gasteiger partial charge in [0.25, 0.3) is 11.7 Å². The van der Waals surface area contributed by atoms with E-state index in [1.165, 1.54) is 0 Å². The molecule has 1 amide bonds. The highest BCUT2D eigenvalue weighted by molar-refractivity contribution is 9.09. The number of hydrogen-bond donors (Lipinski definition) is 0. The molecule has 0 radical (unpaired) electrons. The standard InChI is InChI=1S/C17H22BrNO2/c1-10-6-7-11(2)14-13(10)15(20)16(21)19(14)9-12(8-18)17(3,4)5/h6-7,12H,8-9H2,1-5H3. The maximum Gasteiger partial charge on any atom is 0.299 e. The highest BCUT2D eigenvalue weighted by Crippen LogP contribution is 2.37. The Bertz CT molecular complexity index is 602. The van der Waals surface area contributed by atoms with Crippen molar-refractivity contribution >= 4 is 33.3 Å². The molecule has 2 rings (SSSR count). The second kappa shape index (κ2) is 5.56. The van der Waals surface area contributed by atoms with Gasteiger partial charge in [0.15, 0.2) is 0 Å². The monoisotopic (exact) mass is 351 g/mol. The van der Waals surface area contributed by atoms with Crippen molar-refractivity contribution in [2.24, 2.45) is 11.3 Å². The minimum atomic E-state index is -0.391. The largest absolute Gasteiger partial charge is 0.304 e. The molecule has 0 saturated carbocycles. The van der Waals surface area contributed by atoms with Crippen LogP contribution in [0.3, 0.4) is 0 Å². The van der Waals surface area contributed by atoms with Gasteiger partial charge in [-0.05, 0) is 36.3 Å². The third-order valence-electron chi connectivity index (χ3n) is 4.34. The molecule has 1 atom stereocenters. The topological polar surface area (TPSA) is 37.4 Å². The van der Waals surface area contributed by atoms with Crippen molar-refractivity contribution < 1.29 is 9.59 Å². The molecule has 0 spiro atoms. The summed E-state index contributed by atoms with van der Waals surface area (Å²) in [5, 5.41) is 0.800. The summed E-state index contributed by atoms with van der Waals surface area (Å²) in [5.74, 6) is -0.480. The molecule has 114 valence electrons. The van der Waals surface area contributed by atoms with Crippen LogP contribution in [0.4, 0.5) is 5.69 Å². The first-order valence-electron chi connectivity index (χ1n) is 7.20. The molecule has 1 heterocycles. The Hall–Kier alpha value is -1.16. The number of amides is 1. The summed E-state index contributed by atoms with van der Waals surface area (Å²) in [6.07, 6.45) is 0. The van der Waals surface area contributed by atoms with E-state index < -0.39 is 5.91 Å². The van der Waals surface area contributed by atoms with Crippen molar-refractivity contribution in [3.8, 4) is 0 Å². The lowest BCUT2D eigenvalue weighted by atomic mass is 9.81. The van der Waals surface area contributed by atoms with E-state index in [-0.39, 0.29) is 17.1 Å². The summed E-state index contributed by atoms with van der Waals surface area (Å²) in [4.78, 5) is 26.4. The van der Waals surface area contributed by atoms with Crippen LogP contribution in [0, 0.1) is 25.2 Å². The minimum Gasteiger partial charge on any atom is -0.304 e. The van der Waals surface area contributed by atoms with Crippen LogP contribution in [0.2, 0.25) is 0 Å². The quantitative estimate of drug-likeness (QED) is 0.611. The van der Waals surface area contributed by atoms with Crippen LogP contribution in [-0.2, 0) is 4.79 Å². The molecule has 1 aromatic carbocycles. The molecule has 3 nitrogen and oxygen atoms in total. The van der Waals surface area contributed by atoms with Gasteiger partial charge in [-0.2, -0.15) is 0 Å². The lowest BCUT2D eigenvalue weighted by molar-refractivity contribution is -0.114. The van der Waals surface area contributed by atoms with Crippen LogP contribution in [0.5, 0.6) is 0 Å². The van der Waals surface area contributed by atoms with Crippen molar-refractivity contribution in [1.29, 1.82) is 0 Å². The predicted octanol–water partition coefficient (Wildman–Crippen LogP) is 3.89. The Morgan fingerprint density at radius 1 is 1.14 bits per heavy atom. The van der Waals surface area contributed by atoms with Gasteiger partial charge >= 0.3 is 0 Å². The second-order valence-electron chi connectivity index (χ2n) is 6.89. The lowest BCUT2D eigenvalue weighted by Gasteiger charge is -2.33. The number of carbonyl (C=O) groups excluding carboxylic acids is 2. The number of carbonyl (C=O) groups is 2. The zero-order valence-corrected chi connectivity index (χ0v) is 14.9. The van der Waals surface area contributed by atoms with Crippen molar-refractivity contribution in [3.05, 3.63) is 28.8 Å². The number of benzene rings is 1. The Kier molecular flexibility index (Phi) is 4.29. The fourth-order valence-electron chi connectivity index (χ4n) is 2.71. The highest BCUT2D eigenvalue weighted by Gasteiger charge is 2.40. The van der Waals surface area contributed by atoms with Gasteiger partial charge in [-0.3, -0.25) is 9.59 Å². The minimum absolute atomic E-state index is 0.0628. The Labute approximate surface area is 134 Å². The third-order valence-corrected chi connectivity index (χ3v) is 5.12. The first-order valence-corrected chi connectivity index (χ1v) is 8.33. The summed E-state index contributed by atoms with van der Waals surface area (Å²) >= 11 is 3.54. The van der Waals surface area contributed by atoms with E-state index in [2.05, 4.69) is 36.7 Å². The van der Waals surface area contributed by atoms with Gasteiger partial charge < -0.3 is 4.90 Å². The van der Waals surface area contributed by atoms with Gasteiger partial charge in [-0.1, -0.05) is 48.8 Å². The number of fused-ring (bicyclic) bond motifs is 1. The molecular weight excluding hydrogens is 330 g/mol. The third kappa shape index (κ3) is 2.78. The molecule has 0 saturated heterocycles. The van der Waals surface area contributed by atoms with E-state index in [1.807, 2.05) is 26.0 Å². The molecule has 0 fully saturated rings. The van der Waals surface area contributed by atoms with E-state index in [4.69, 9.17) is 0 Å². The first-order chi connectivity index (χ1) is 9.68. The smallest absolute Gasteiger partial charge is 0.299 e. The molecule has 1 aliphatic heterocycles. The molecule has 4 heteroatoms. The molecule has 0 aromatic heterocycles. The van der Waals surface area contributed by atoms with E-state index >= 15 is 0 Å². The number of halogens is 1. The predicted molar refractivity (Wildman–Crippen MR) is 89.3 cm³/mol. The summed E-state index contributed by atoms with van der Waals surface area (Å²) in [7, 11) is 0. The van der Waals surface area contributed by atoms with Gasteiger partial charge in [0.05, 0.1) is 11.3 Å². The maximum atomic E-state index is 12.4. The summed E-state index contributed by atoms with van der Waals surface area (Å²) in [5.41, 5.74) is 3.31. The first kappa shape index (κ1) is 16.2. The normalized spacial score (nSPS) is 16.4. The zero-order valence-electron chi connectivity index (χ0n) is 13.3. The number of alkyl halides is 1. The lowest BCUT2D eigenvalue weighted by Crippen LogP contribution is -2.39. The molecule has 0 aliphatic carbocycles. The molecule has 0 N–H and O–H groups in total. The van der Waals surface area contributed by atoms with Crippen LogP contribution in [0.15, 0.2) is 12.1 Å². The van der Waals surface area contributed by atoms with E-state index in [9.17, 15) is 9.59 Å². The van der Waals surface area contributed by atoms with Gasteiger partial charge in [-0.25, -0.2) is 0 Å². The maximum absolute atomic E-state index is 12.4. The van der Waals surface area contributed by atoms with Crippen molar-refractivity contribution in [2.75, 3.05) is 16.8 Å². The average Bonchev–Trinajstić information content (AvgIpc) is 2.64. The highest BCUT2D eigenvalue weighted by atomic mass is 79.9. The number of nitrogens with zero attached hydrogens (tertiary/aromatic N) is 1. The van der Waals surface area contributed by atoms with Crippen LogP contribution in [0.25, 0.3) is 0 Å². The van der Waals surface area contributed by atoms with Crippen molar-refractivity contribution in [2.45, 2.75) is 34.6 Å². The van der Waals surface area contributed by atoms with Crippen molar-refractivity contribution in [1.82, 2.24) is 0 Å². The second-order valence-corrected chi connectivity index (χ2v) is 7.53.